The predicted molar refractivity (Wildman–Crippen MR) is 118 cm³/mol. The van der Waals surface area contributed by atoms with E-state index in [4.69, 9.17) is 9.47 Å². The summed E-state index contributed by atoms with van der Waals surface area (Å²) >= 11 is 1.28. The normalized spacial score (nSPS) is 10.7. The molecule has 2 aromatic carbocycles. The number of hydrogen-bond acceptors (Lipinski definition) is 8. The Balaban J connectivity index is 1.37. The van der Waals surface area contributed by atoms with Crippen molar-refractivity contribution in [2.75, 3.05) is 12.4 Å². The maximum atomic E-state index is 12.3. The molecule has 1 N–H and O–H groups in total. The van der Waals surface area contributed by atoms with E-state index in [-0.39, 0.29) is 18.1 Å². The molecule has 2 aromatic heterocycles. The van der Waals surface area contributed by atoms with E-state index >= 15 is 0 Å². The number of hydrogen-bond donors (Lipinski definition) is 1. The van der Waals surface area contributed by atoms with Gasteiger partial charge in [-0.3, -0.25) is 9.59 Å². The number of anilines is 1. The van der Waals surface area contributed by atoms with Gasteiger partial charge in [0.25, 0.3) is 11.5 Å². The van der Waals surface area contributed by atoms with Crippen molar-refractivity contribution in [3.63, 3.8) is 0 Å². The molecule has 0 spiro atoms. The molecule has 4 aromatic rings. The van der Waals surface area contributed by atoms with Crippen LogP contribution in [0.15, 0.2) is 59.4 Å². The Morgan fingerprint density at radius 2 is 1.75 bits per heavy atom. The average Bonchev–Trinajstić information content (AvgIpc) is 3.19. The number of fused-ring (bicyclic) bond motifs is 1. The van der Waals surface area contributed by atoms with Crippen LogP contribution in [0.5, 0.6) is 5.75 Å². The van der Waals surface area contributed by atoms with Gasteiger partial charge in [-0.25, -0.2) is 9.78 Å². The fourth-order valence-corrected chi connectivity index (χ4v) is 3.65. The van der Waals surface area contributed by atoms with Gasteiger partial charge in [-0.2, -0.15) is 9.61 Å². The number of esters is 1. The SMILES string of the molecule is COc1ccc(C(=O)Nc2ccc(C(=O)OCc3cc(=O)n4nc(C)sc4n3)cc2)cc1. The minimum atomic E-state index is -0.569. The first-order valence-corrected chi connectivity index (χ1v) is 10.3. The van der Waals surface area contributed by atoms with E-state index < -0.39 is 5.97 Å². The van der Waals surface area contributed by atoms with E-state index in [1.54, 1.807) is 62.6 Å². The van der Waals surface area contributed by atoms with Gasteiger partial charge >= 0.3 is 5.97 Å². The molecule has 0 aliphatic rings. The lowest BCUT2D eigenvalue weighted by atomic mass is 10.1. The van der Waals surface area contributed by atoms with Crippen LogP contribution in [-0.4, -0.2) is 33.6 Å². The Bertz CT molecular complexity index is 1340. The summed E-state index contributed by atoms with van der Waals surface area (Å²) in [6, 6.07) is 14.3. The van der Waals surface area contributed by atoms with E-state index in [1.807, 2.05) is 0 Å². The molecule has 0 atom stereocenters. The molecule has 2 heterocycles. The highest BCUT2D eigenvalue weighted by molar-refractivity contribution is 7.16. The summed E-state index contributed by atoms with van der Waals surface area (Å²) in [6.45, 7) is 1.64. The Kier molecular flexibility index (Phi) is 5.95. The van der Waals surface area contributed by atoms with E-state index in [2.05, 4.69) is 15.4 Å². The first kappa shape index (κ1) is 21.2. The second-order valence-corrected chi connectivity index (χ2v) is 7.90. The molecule has 32 heavy (non-hydrogen) atoms. The maximum Gasteiger partial charge on any atom is 0.338 e. The minimum Gasteiger partial charge on any atom is -0.497 e. The monoisotopic (exact) mass is 450 g/mol. The standard InChI is InChI=1S/C22H18N4O5S/c1-13-25-26-19(27)11-17(24-22(26)32-13)12-31-21(29)15-3-7-16(8-4-15)23-20(28)14-5-9-18(30-2)10-6-14/h3-11H,12H2,1-2H3,(H,23,28). The second kappa shape index (κ2) is 8.98. The van der Waals surface area contributed by atoms with Gasteiger partial charge in [-0.05, 0) is 55.5 Å². The fourth-order valence-electron chi connectivity index (χ4n) is 2.88. The molecule has 4 rings (SSSR count). The third-order valence-corrected chi connectivity index (χ3v) is 5.30. The van der Waals surface area contributed by atoms with Crippen LogP contribution in [-0.2, 0) is 11.3 Å². The number of amides is 1. The fraction of sp³-hybridized carbons (Fsp3) is 0.136. The van der Waals surface area contributed by atoms with E-state index in [1.165, 1.54) is 21.9 Å². The summed E-state index contributed by atoms with van der Waals surface area (Å²) in [4.78, 5) is 41.5. The summed E-state index contributed by atoms with van der Waals surface area (Å²) < 4.78 is 11.6. The van der Waals surface area contributed by atoms with Crippen LogP contribution < -0.4 is 15.6 Å². The summed E-state index contributed by atoms with van der Waals surface area (Å²) in [7, 11) is 1.55. The van der Waals surface area contributed by atoms with Crippen LogP contribution >= 0.6 is 11.3 Å². The number of nitrogens with one attached hydrogen (secondary N) is 1. The zero-order valence-electron chi connectivity index (χ0n) is 17.2. The molecule has 0 saturated carbocycles. The third kappa shape index (κ3) is 4.65. The summed E-state index contributed by atoms with van der Waals surface area (Å²) in [5, 5.41) is 7.54. The molecule has 0 unspecified atom stereocenters. The zero-order valence-corrected chi connectivity index (χ0v) is 18.0. The molecular weight excluding hydrogens is 432 g/mol. The first-order valence-electron chi connectivity index (χ1n) is 9.52. The van der Waals surface area contributed by atoms with Gasteiger partial charge in [0.05, 0.1) is 18.4 Å². The second-order valence-electron chi connectivity index (χ2n) is 6.74. The topological polar surface area (TPSA) is 112 Å². The van der Waals surface area contributed by atoms with Crippen molar-refractivity contribution in [1.29, 1.82) is 0 Å². The van der Waals surface area contributed by atoms with Crippen molar-refractivity contribution >= 4 is 33.9 Å². The molecule has 9 nitrogen and oxygen atoms in total. The number of methoxy groups -OCH3 is 1. The third-order valence-electron chi connectivity index (χ3n) is 4.48. The van der Waals surface area contributed by atoms with Crippen LogP contribution in [0.1, 0.15) is 31.4 Å². The summed E-state index contributed by atoms with van der Waals surface area (Å²) in [5.41, 5.74) is 1.32. The van der Waals surface area contributed by atoms with Gasteiger partial charge in [0.2, 0.25) is 4.96 Å². The lowest BCUT2D eigenvalue weighted by Crippen LogP contribution is -2.16. The van der Waals surface area contributed by atoms with E-state index in [0.717, 1.165) is 0 Å². The largest absolute Gasteiger partial charge is 0.497 e. The Hall–Kier alpha value is -4.05. The molecule has 0 radical (unpaired) electrons. The summed E-state index contributed by atoms with van der Waals surface area (Å²) in [5.74, 6) is -0.193. The predicted octanol–water partition coefficient (Wildman–Crippen LogP) is 3.08. The lowest BCUT2D eigenvalue weighted by molar-refractivity contribution is 0.0467. The van der Waals surface area contributed by atoms with Crippen LogP contribution in [0.4, 0.5) is 5.69 Å². The highest BCUT2D eigenvalue weighted by Crippen LogP contribution is 2.16. The van der Waals surface area contributed by atoms with Crippen molar-refractivity contribution in [2.45, 2.75) is 13.5 Å². The molecule has 10 heteroatoms. The molecule has 0 saturated heterocycles. The van der Waals surface area contributed by atoms with Crippen LogP contribution in [0.3, 0.4) is 0 Å². The van der Waals surface area contributed by atoms with Gasteiger partial charge < -0.3 is 14.8 Å². The number of aryl methyl sites for hydroxylation is 1. The molecule has 0 bridgehead atoms. The number of benzene rings is 2. The number of carbonyl (C=O) groups is 2. The van der Waals surface area contributed by atoms with Gasteiger partial charge in [0.15, 0.2) is 0 Å². The van der Waals surface area contributed by atoms with Crippen LogP contribution in [0.2, 0.25) is 0 Å². The molecule has 0 aliphatic carbocycles. The van der Waals surface area contributed by atoms with Crippen molar-refractivity contribution in [2.24, 2.45) is 0 Å². The number of aromatic nitrogens is 3. The Morgan fingerprint density at radius 3 is 2.44 bits per heavy atom. The Morgan fingerprint density at radius 1 is 1.06 bits per heavy atom. The van der Waals surface area contributed by atoms with Gasteiger partial charge in [0.1, 0.15) is 17.4 Å². The van der Waals surface area contributed by atoms with E-state index in [9.17, 15) is 14.4 Å². The van der Waals surface area contributed by atoms with Gasteiger partial charge in [0, 0.05) is 17.3 Å². The zero-order chi connectivity index (χ0) is 22.7. The maximum absolute atomic E-state index is 12.3. The molecule has 0 fully saturated rings. The lowest BCUT2D eigenvalue weighted by Gasteiger charge is -2.08. The number of carbonyl (C=O) groups excluding carboxylic acids is 2. The van der Waals surface area contributed by atoms with Crippen molar-refractivity contribution < 1.29 is 19.1 Å². The quantitative estimate of drug-likeness (QED) is 0.449. The van der Waals surface area contributed by atoms with Crippen molar-refractivity contribution in [1.82, 2.24) is 14.6 Å². The number of ether oxygens (including phenoxy) is 2. The van der Waals surface area contributed by atoms with E-state index in [0.29, 0.717) is 38.2 Å². The van der Waals surface area contributed by atoms with Crippen molar-refractivity contribution in [3.05, 3.63) is 86.8 Å². The molecule has 1 amide bonds. The summed E-state index contributed by atoms with van der Waals surface area (Å²) in [6.07, 6.45) is 0. The van der Waals surface area contributed by atoms with Crippen LogP contribution in [0, 0.1) is 6.92 Å². The highest BCUT2D eigenvalue weighted by atomic mass is 32.1. The first-order chi connectivity index (χ1) is 15.4. The molecule has 0 aliphatic heterocycles. The Labute approximate surface area is 186 Å². The van der Waals surface area contributed by atoms with Gasteiger partial charge in [-0.1, -0.05) is 11.3 Å². The smallest absolute Gasteiger partial charge is 0.338 e. The minimum absolute atomic E-state index is 0.141. The molecular formula is C22H18N4O5S. The number of nitrogens with zero attached hydrogens (tertiary/aromatic N) is 3. The van der Waals surface area contributed by atoms with Crippen LogP contribution in [0.25, 0.3) is 4.96 Å². The average molecular weight is 450 g/mol. The van der Waals surface area contributed by atoms with Crippen molar-refractivity contribution in [3.8, 4) is 5.75 Å². The molecule has 162 valence electrons. The number of rotatable bonds is 6. The highest BCUT2D eigenvalue weighted by Gasteiger charge is 2.12. The van der Waals surface area contributed by atoms with Gasteiger partial charge in [-0.15, -0.1) is 0 Å².